The van der Waals surface area contributed by atoms with Crippen LogP contribution in [0.4, 0.5) is 10.1 Å². The summed E-state index contributed by atoms with van der Waals surface area (Å²) in [6.45, 7) is -0.378. The third-order valence-electron chi connectivity index (χ3n) is 3.64. The number of nitrogens with zero attached hydrogens (tertiary/aromatic N) is 1. The van der Waals surface area contributed by atoms with Crippen molar-refractivity contribution in [2.75, 3.05) is 11.8 Å². The van der Waals surface area contributed by atoms with Gasteiger partial charge in [0, 0.05) is 10.5 Å². The number of aromatic nitrogens is 1. The lowest BCUT2D eigenvalue weighted by atomic mass is 10.3. The minimum absolute atomic E-state index is 0.0388. The number of benzene rings is 2. The van der Waals surface area contributed by atoms with E-state index < -0.39 is 27.6 Å². The van der Waals surface area contributed by atoms with E-state index in [0.717, 1.165) is 16.7 Å². The maximum atomic E-state index is 13.9. The summed E-state index contributed by atoms with van der Waals surface area (Å²) in [5.41, 5.74) is -0.0507. The summed E-state index contributed by atoms with van der Waals surface area (Å²) >= 11 is 3.08. The van der Waals surface area contributed by atoms with Gasteiger partial charge < -0.3 is 9.15 Å². The average molecular weight is 459 g/mol. The van der Waals surface area contributed by atoms with Crippen molar-refractivity contribution >= 4 is 48.7 Å². The van der Waals surface area contributed by atoms with Crippen molar-refractivity contribution in [1.29, 1.82) is 0 Å². The standard InChI is InChI=1S/C16H12BrFN2O6S/c1-25-15(21)8-20-13-5-3-10(7-14(13)26-16(20)22)27(23,24)19-12-4-2-9(17)6-11(12)18/h2-7,19H,8H2,1H3. The number of carbonyl (C=O) groups is 1. The van der Waals surface area contributed by atoms with E-state index in [4.69, 9.17) is 4.42 Å². The second-order valence-electron chi connectivity index (χ2n) is 5.39. The number of methoxy groups -OCH3 is 1. The van der Waals surface area contributed by atoms with Crippen molar-refractivity contribution in [2.45, 2.75) is 11.4 Å². The van der Waals surface area contributed by atoms with E-state index >= 15 is 0 Å². The van der Waals surface area contributed by atoms with Crippen LogP contribution >= 0.6 is 15.9 Å². The highest BCUT2D eigenvalue weighted by Crippen LogP contribution is 2.24. The summed E-state index contributed by atoms with van der Waals surface area (Å²) in [6, 6.07) is 7.51. The largest absolute Gasteiger partial charge is 0.468 e. The molecule has 2 aromatic carbocycles. The molecule has 11 heteroatoms. The number of fused-ring (bicyclic) bond motifs is 1. The average Bonchev–Trinajstić information content (AvgIpc) is 2.92. The van der Waals surface area contributed by atoms with Crippen LogP contribution in [0.1, 0.15) is 0 Å². The molecule has 0 atom stereocenters. The molecule has 0 aliphatic rings. The monoisotopic (exact) mass is 458 g/mol. The van der Waals surface area contributed by atoms with E-state index in [9.17, 15) is 22.4 Å². The van der Waals surface area contributed by atoms with Crippen LogP contribution in [-0.2, 0) is 26.1 Å². The Hall–Kier alpha value is -2.66. The number of esters is 1. The van der Waals surface area contributed by atoms with Gasteiger partial charge in [0.25, 0.3) is 10.0 Å². The fourth-order valence-electron chi connectivity index (χ4n) is 2.33. The van der Waals surface area contributed by atoms with E-state index in [2.05, 4.69) is 25.4 Å². The number of sulfonamides is 1. The molecule has 0 unspecified atom stereocenters. The Labute approximate surface area is 160 Å². The maximum Gasteiger partial charge on any atom is 0.420 e. The highest BCUT2D eigenvalue weighted by molar-refractivity contribution is 9.10. The number of anilines is 1. The SMILES string of the molecule is COC(=O)Cn1c(=O)oc2cc(S(=O)(=O)Nc3ccc(Br)cc3F)ccc21. The first-order valence-corrected chi connectivity index (χ1v) is 9.67. The second-order valence-corrected chi connectivity index (χ2v) is 7.99. The quantitative estimate of drug-likeness (QED) is 0.588. The minimum Gasteiger partial charge on any atom is -0.468 e. The van der Waals surface area contributed by atoms with Crippen LogP contribution in [0, 0.1) is 5.82 Å². The molecule has 1 heterocycles. The van der Waals surface area contributed by atoms with Gasteiger partial charge in [-0.05, 0) is 30.3 Å². The number of nitrogens with one attached hydrogen (secondary N) is 1. The van der Waals surface area contributed by atoms with Crippen LogP contribution in [0.3, 0.4) is 0 Å². The third-order valence-corrected chi connectivity index (χ3v) is 5.50. The van der Waals surface area contributed by atoms with Gasteiger partial charge in [0.15, 0.2) is 5.58 Å². The Morgan fingerprint density at radius 2 is 2.04 bits per heavy atom. The van der Waals surface area contributed by atoms with Gasteiger partial charge in [0.1, 0.15) is 12.4 Å². The lowest BCUT2D eigenvalue weighted by molar-refractivity contribution is -0.141. The van der Waals surface area contributed by atoms with Gasteiger partial charge >= 0.3 is 11.7 Å². The second kappa shape index (κ2) is 7.16. The number of carbonyl (C=O) groups excluding carboxylic acids is 1. The Morgan fingerprint density at radius 1 is 1.30 bits per heavy atom. The smallest absolute Gasteiger partial charge is 0.420 e. The normalized spacial score (nSPS) is 11.5. The fourth-order valence-corrected chi connectivity index (χ4v) is 3.75. The van der Waals surface area contributed by atoms with E-state index in [1.807, 2.05) is 0 Å². The number of hydrogen-bond acceptors (Lipinski definition) is 6. The van der Waals surface area contributed by atoms with Gasteiger partial charge in [-0.3, -0.25) is 14.1 Å². The van der Waals surface area contributed by atoms with Gasteiger partial charge in [0.05, 0.1) is 23.2 Å². The summed E-state index contributed by atoms with van der Waals surface area (Å²) in [6.07, 6.45) is 0. The third kappa shape index (κ3) is 3.88. The lowest BCUT2D eigenvalue weighted by Crippen LogP contribution is -2.20. The highest BCUT2D eigenvalue weighted by atomic mass is 79.9. The number of halogens is 2. The number of ether oxygens (including phenoxy) is 1. The molecule has 1 N–H and O–H groups in total. The van der Waals surface area contributed by atoms with Crippen molar-refractivity contribution in [2.24, 2.45) is 0 Å². The van der Waals surface area contributed by atoms with Crippen LogP contribution in [-0.4, -0.2) is 26.1 Å². The number of hydrogen-bond donors (Lipinski definition) is 1. The van der Waals surface area contributed by atoms with Crippen LogP contribution in [0.25, 0.3) is 11.1 Å². The van der Waals surface area contributed by atoms with Crippen molar-refractivity contribution in [3.8, 4) is 0 Å². The maximum absolute atomic E-state index is 13.9. The van der Waals surface area contributed by atoms with Crippen molar-refractivity contribution in [3.63, 3.8) is 0 Å². The van der Waals surface area contributed by atoms with Crippen LogP contribution in [0.2, 0.25) is 0 Å². The van der Waals surface area contributed by atoms with Crippen molar-refractivity contribution < 1.29 is 26.8 Å². The van der Waals surface area contributed by atoms with Gasteiger partial charge in [-0.1, -0.05) is 15.9 Å². The molecule has 142 valence electrons. The summed E-state index contributed by atoms with van der Waals surface area (Å²) in [4.78, 5) is 23.0. The molecule has 1 aromatic heterocycles. The molecule has 0 fully saturated rings. The van der Waals surface area contributed by atoms with Gasteiger partial charge in [-0.2, -0.15) is 0 Å². The molecule has 8 nitrogen and oxygen atoms in total. The molecule has 0 saturated carbocycles. The molecular formula is C16H12BrFN2O6S. The van der Waals surface area contributed by atoms with Crippen molar-refractivity contribution in [3.05, 3.63) is 57.2 Å². The predicted molar refractivity (Wildman–Crippen MR) is 97.4 cm³/mol. The number of oxazole rings is 1. The summed E-state index contributed by atoms with van der Waals surface area (Å²) in [7, 11) is -2.97. The van der Waals surface area contributed by atoms with E-state index in [-0.39, 0.29) is 28.2 Å². The zero-order valence-corrected chi connectivity index (χ0v) is 16.1. The van der Waals surface area contributed by atoms with Gasteiger partial charge in [0.2, 0.25) is 0 Å². The van der Waals surface area contributed by atoms with Crippen LogP contribution in [0.15, 0.2) is 55.0 Å². The molecule has 27 heavy (non-hydrogen) atoms. The zero-order chi connectivity index (χ0) is 19.8. The van der Waals surface area contributed by atoms with E-state index in [1.54, 1.807) is 0 Å². The Balaban J connectivity index is 1.99. The molecule has 0 spiro atoms. The number of rotatable bonds is 5. The Bertz CT molecular complexity index is 1200. The predicted octanol–water partition coefficient (Wildman–Crippen LogP) is 2.47. The molecule has 0 bridgehead atoms. The Kier molecular flexibility index (Phi) is 5.07. The first-order valence-electron chi connectivity index (χ1n) is 7.39. The molecular weight excluding hydrogens is 447 g/mol. The highest BCUT2D eigenvalue weighted by Gasteiger charge is 2.20. The topological polar surface area (TPSA) is 108 Å². The summed E-state index contributed by atoms with van der Waals surface area (Å²) in [5, 5.41) is 0. The molecule has 3 rings (SSSR count). The Morgan fingerprint density at radius 3 is 2.70 bits per heavy atom. The molecule has 0 aliphatic heterocycles. The van der Waals surface area contributed by atoms with E-state index in [0.29, 0.717) is 4.47 Å². The zero-order valence-electron chi connectivity index (χ0n) is 13.7. The van der Waals surface area contributed by atoms with Crippen LogP contribution in [0.5, 0.6) is 0 Å². The molecule has 0 saturated heterocycles. The molecule has 0 amide bonds. The molecule has 3 aromatic rings. The van der Waals surface area contributed by atoms with Crippen molar-refractivity contribution in [1.82, 2.24) is 4.57 Å². The molecule has 0 aliphatic carbocycles. The first kappa shape index (κ1) is 19.1. The van der Waals surface area contributed by atoms with E-state index in [1.165, 1.54) is 31.4 Å². The lowest BCUT2D eigenvalue weighted by Gasteiger charge is -2.09. The fraction of sp³-hybridized carbons (Fsp3) is 0.125. The van der Waals surface area contributed by atoms with Gasteiger partial charge in [-0.25, -0.2) is 17.6 Å². The summed E-state index contributed by atoms with van der Waals surface area (Å²) < 4.78 is 52.0. The van der Waals surface area contributed by atoms with Gasteiger partial charge in [-0.15, -0.1) is 0 Å². The minimum atomic E-state index is -4.14. The first-order chi connectivity index (χ1) is 12.7. The van der Waals surface area contributed by atoms with Crippen LogP contribution < -0.4 is 10.5 Å². The molecule has 0 radical (unpaired) electrons. The summed E-state index contributed by atoms with van der Waals surface area (Å²) in [5.74, 6) is -2.26.